The summed E-state index contributed by atoms with van der Waals surface area (Å²) >= 11 is 0. The van der Waals surface area contributed by atoms with Crippen LogP contribution < -0.4 is 0 Å². The van der Waals surface area contributed by atoms with E-state index in [9.17, 15) is 9.59 Å². The van der Waals surface area contributed by atoms with Crippen LogP contribution in [0.2, 0.25) is 0 Å². The van der Waals surface area contributed by atoms with Crippen LogP contribution in [0, 0.1) is 5.92 Å². The van der Waals surface area contributed by atoms with Crippen LogP contribution in [-0.2, 0) is 28.5 Å². The number of esters is 2. The molecule has 118 valence electrons. The number of carbonyl (C=O) groups excluding carboxylic acids is 2. The maximum Gasteiger partial charge on any atom is 0.320 e. The van der Waals surface area contributed by atoms with E-state index in [0.717, 1.165) is 0 Å². The standard InChI is InChI=1S/C14H26O6/c1-4-17-8-6-10-19-13(15)12(3)14(16)20-11-7-9-18-5-2/h12H,4-11H2,1-3H3. The van der Waals surface area contributed by atoms with Crippen molar-refractivity contribution >= 4 is 11.9 Å². The molecule has 0 unspecified atom stereocenters. The normalized spacial score (nSPS) is 10.6. The zero-order valence-electron chi connectivity index (χ0n) is 12.7. The van der Waals surface area contributed by atoms with Gasteiger partial charge in [-0.2, -0.15) is 0 Å². The van der Waals surface area contributed by atoms with Gasteiger partial charge < -0.3 is 18.9 Å². The van der Waals surface area contributed by atoms with E-state index in [1.807, 2.05) is 13.8 Å². The van der Waals surface area contributed by atoms with Gasteiger partial charge in [-0.3, -0.25) is 9.59 Å². The van der Waals surface area contributed by atoms with Gasteiger partial charge in [0.05, 0.1) is 13.2 Å². The molecule has 6 nitrogen and oxygen atoms in total. The van der Waals surface area contributed by atoms with Gasteiger partial charge in [-0.25, -0.2) is 0 Å². The predicted octanol–water partition coefficient (Wildman–Crippen LogP) is 1.56. The number of rotatable bonds is 12. The van der Waals surface area contributed by atoms with Gasteiger partial charge in [0, 0.05) is 39.3 Å². The minimum Gasteiger partial charge on any atom is -0.465 e. The molecule has 0 amide bonds. The zero-order chi connectivity index (χ0) is 15.2. The minimum atomic E-state index is -0.894. The van der Waals surface area contributed by atoms with Gasteiger partial charge in [-0.05, 0) is 20.8 Å². The summed E-state index contributed by atoms with van der Waals surface area (Å²) in [6.07, 6.45) is 1.24. The first-order valence-electron chi connectivity index (χ1n) is 7.12. The van der Waals surface area contributed by atoms with Crippen molar-refractivity contribution < 1.29 is 28.5 Å². The second-order valence-corrected chi connectivity index (χ2v) is 4.16. The summed E-state index contributed by atoms with van der Waals surface area (Å²) in [6, 6.07) is 0. The summed E-state index contributed by atoms with van der Waals surface area (Å²) in [5.74, 6) is -2.01. The highest BCUT2D eigenvalue weighted by atomic mass is 16.6. The molecular weight excluding hydrogens is 264 g/mol. The summed E-state index contributed by atoms with van der Waals surface area (Å²) in [5.41, 5.74) is 0. The Bertz CT molecular complexity index is 240. The van der Waals surface area contributed by atoms with Gasteiger partial charge in [0.2, 0.25) is 0 Å². The van der Waals surface area contributed by atoms with Crippen molar-refractivity contribution in [2.45, 2.75) is 33.6 Å². The number of hydrogen-bond donors (Lipinski definition) is 0. The molecule has 0 spiro atoms. The molecule has 0 aromatic rings. The van der Waals surface area contributed by atoms with Gasteiger partial charge in [0.15, 0.2) is 5.92 Å². The van der Waals surface area contributed by atoms with Crippen LogP contribution in [-0.4, -0.2) is 51.6 Å². The van der Waals surface area contributed by atoms with E-state index in [-0.39, 0.29) is 13.2 Å². The lowest BCUT2D eigenvalue weighted by atomic mass is 10.2. The first-order valence-corrected chi connectivity index (χ1v) is 7.12. The van der Waals surface area contributed by atoms with E-state index in [2.05, 4.69) is 0 Å². The quantitative estimate of drug-likeness (QED) is 0.308. The second-order valence-electron chi connectivity index (χ2n) is 4.16. The van der Waals surface area contributed by atoms with Crippen LogP contribution in [0.4, 0.5) is 0 Å². The third-order valence-electron chi connectivity index (χ3n) is 2.47. The van der Waals surface area contributed by atoms with Gasteiger partial charge in [-0.15, -0.1) is 0 Å². The van der Waals surface area contributed by atoms with E-state index in [0.29, 0.717) is 39.3 Å². The lowest BCUT2D eigenvalue weighted by Gasteiger charge is -2.11. The Kier molecular flexibility index (Phi) is 12.1. The van der Waals surface area contributed by atoms with Crippen molar-refractivity contribution in [3.05, 3.63) is 0 Å². The fourth-order valence-corrected chi connectivity index (χ4v) is 1.30. The van der Waals surface area contributed by atoms with E-state index in [1.165, 1.54) is 6.92 Å². The lowest BCUT2D eigenvalue weighted by molar-refractivity contribution is -0.161. The topological polar surface area (TPSA) is 71.1 Å². The number of hydrogen-bond acceptors (Lipinski definition) is 6. The first-order chi connectivity index (χ1) is 9.63. The average molecular weight is 290 g/mol. The maximum atomic E-state index is 11.6. The summed E-state index contributed by atoms with van der Waals surface area (Å²) in [6.45, 7) is 8.14. The Morgan fingerprint density at radius 3 is 1.55 bits per heavy atom. The SMILES string of the molecule is CCOCCCOC(=O)C(C)C(=O)OCCCOCC. The van der Waals surface area contributed by atoms with Crippen LogP contribution in [0.25, 0.3) is 0 Å². The Labute approximate surface area is 120 Å². The van der Waals surface area contributed by atoms with Crippen molar-refractivity contribution in [3.63, 3.8) is 0 Å². The molecule has 0 radical (unpaired) electrons. The van der Waals surface area contributed by atoms with Crippen molar-refractivity contribution in [1.82, 2.24) is 0 Å². The largest absolute Gasteiger partial charge is 0.465 e. The molecule has 0 aliphatic rings. The zero-order valence-corrected chi connectivity index (χ0v) is 12.7. The number of carbonyl (C=O) groups is 2. The third kappa shape index (κ3) is 9.75. The molecule has 0 saturated carbocycles. The lowest BCUT2D eigenvalue weighted by Crippen LogP contribution is -2.26. The highest BCUT2D eigenvalue weighted by molar-refractivity contribution is 5.94. The van der Waals surface area contributed by atoms with E-state index in [1.54, 1.807) is 0 Å². The van der Waals surface area contributed by atoms with Gasteiger partial charge in [-0.1, -0.05) is 0 Å². The summed E-state index contributed by atoms with van der Waals surface area (Å²) in [4.78, 5) is 23.1. The van der Waals surface area contributed by atoms with Crippen molar-refractivity contribution in [2.24, 2.45) is 5.92 Å². The molecule has 0 heterocycles. The van der Waals surface area contributed by atoms with E-state index in [4.69, 9.17) is 18.9 Å². The fourth-order valence-electron chi connectivity index (χ4n) is 1.30. The van der Waals surface area contributed by atoms with Crippen LogP contribution in [0.3, 0.4) is 0 Å². The predicted molar refractivity (Wildman–Crippen MR) is 73.3 cm³/mol. The van der Waals surface area contributed by atoms with Crippen LogP contribution in [0.15, 0.2) is 0 Å². The van der Waals surface area contributed by atoms with Crippen molar-refractivity contribution in [3.8, 4) is 0 Å². The molecule has 0 saturated heterocycles. The highest BCUT2D eigenvalue weighted by Crippen LogP contribution is 2.03. The molecule has 0 bridgehead atoms. The van der Waals surface area contributed by atoms with Gasteiger partial charge in [0.25, 0.3) is 0 Å². The van der Waals surface area contributed by atoms with Crippen LogP contribution in [0.1, 0.15) is 33.6 Å². The Hall–Kier alpha value is -1.14. The fraction of sp³-hybridized carbons (Fsp3) is 0.857. The summed E-state index contributed by atoms with van der Waals surface area (Å²) in [5, 5.41) is 0. The smallest absolute Gasteiger partial charge is 0.320 e. The van der Waals surface area contributed by atoms with Crippen molar-refractivity contribution in [1.29, 1.82) is 0 Å². The molecule has 0 rings (SSSR count). The Balaban J connectivity index is 3.67. The molecule has 0 atom stereocenters. The average Bonchev–Trinajstić information content (AvgIpc) is 2.45. The summed E-state index contributed by atoms with van der Waals surface area (Å²) in [7, 11) is 0. The number of ether oxygens (including phenoxy) is 4. The second kappa shape index (κ2) is 12.9. The maximum absolute atomic E-state index is 11.6. The molecule has 0 aliphatic heterocycles. The highest BCUT2D eigenvalue weighted by Gasteiger charge is 2.24. The van der Waals surface area contributed by atoms with Crippen LogP contribution in [0.5, 0.6) is 0 Å². The van der Waals surface area contributed by atoms with E-state index < -0.39 is 17.9 Å². The molecule has 0 fully saturated rings. The molecule has 6 heteroatoms. The molecular formula is C14H26O6. The van der Waals surface area contributed by atoms with Crippen LogP contribution >= 0.6 is 0 Å². The van der Waals surface area contributed by atoms with E-state index >= 15 is 0 Å². The molecule has 0 aromatic carbocycles. The molecule has 0 aromatic heterocycles. The minimum absolute atomic E-state index is 0.251. The first kappa shape index (κ1) is 18.9. The summed E-state index contributed by atoms with van der Waals surface area (Å²) < 4.78 is 20.2. The van der Waals surface area contributed by atoms with Gasteiger partial charge in [0.1, 0.15) is 0 Å². The monoisotopic (exact) mass is 290 g/mol. The molecule has 0 N–H and O–H groups in total. The Morgan fingerprint density at radius 1 is 0.800 bits per heavy atom. The molecule has 0 aliphatic carbocycles. The Morgan fingerprint density at radius 2 is 1.20 bits per heavy atom. The van der Waals surface area contributed by atoms with Crippen molar-refractivity contribution in [2.75, 3.05) is 39.6 Å². The van der Waals surface area contributed by atoms with Gasteiger partial charge >= 0.3 is 11.9 Å². The third-order valence-corrected chi connectivity index (χ3v) is 2.47. The molecule has 20 heavy (non-hydrogen) atoms.